The van der Waals surface area contributed by atoms with Gasteiger partial charge in [-0.1, -0.05) is 37.1 Å². The molecule has 1 saturated heterocycles. The van der Waals surface area contributed by atoms with Gasteiger partial charge in [-0.15, -0.1) is 0 Å². The topological polar surface area (TPSA) is 61.4 Å². The van der Waals surface area contributed by atoms with Crippen LogP contribution in [0.1, 0.15) is 38.2 Å². The number of carbonyl (C=O) groups excluding carboxylic acids is 2. The van der Waals surface area contributed by atoms with Gasteiger partial charge >= 0.3 is 0 Å². The largest absolute Gasteiger partial charge is 0.352 e. The van der Waals surface area contributed by atoms with Gasteiger partial charge in [0.2, 0.25) is 11.8 Å². The monoisotopic (exact) mass is 355 g/mol. The maximum atomic E-state index is 12.4. The Morgan fingerprint density at radius 1 is 1.31 bits per heavy atom. The van der Waals surface area contributed by atoms with E-state index in [-0.39, 0.29) is 17.7 Å². The molecule has 0 saturated carbocycles. The van der Waals surface area contributed by atoms with Crippen molar-refractivity contribution >= 4 is 17.5 Å². The van der Waals surface area contributed by atoms with E-state index in [2.05, 4.69) is 35.8 Å². The van der Waals surface area contributed by atoms with Crippen molar-refractivity contribution in [3.8, 4) is 0 Å². The fraction of sp³-hybridized carbons (Fsp3) is 0.524. The molecule has 1 unspecified atom stereocenters. The fourth-order valence-corrected chi connectivity index (χ4v) is 3.53. The van der Waals surface area contributed by atoms with E-state index in [4.69, 9.17) is 0 Å². The Bertz CT molecular complexity index is 666. The van der Waals surface area contributed by atoms with Gasteiger partial charge in [-0.2, -0.15) is 0 Å². The fourth-order valence-electron chi connectivity index (χ4n) is 3.53. The third-order valence-electron chi connectivity index (χ3n) is 5.21. The van der Waals surface area contributed by atoms with E-state index in [1.165, 1.54) is 24.0 Å². The molecule has 1 fully saturated rings. The van der Waals surface area contributed by atoms with Crippen LogP contribution in [-0.4, -0.2) is 38.0 Å². The average Bonchev–Trinajstić information content (AvgIpc) is 3.07. The minimum Gasteiger partial charge on any atom is -0.352 e. The number of carbonyl (C=O) groups is 2. The van der Waals surface area contributed by atoms with Crippen LogP contribution < -0.4 is 15.5 Å². The van der Waals surface area contributed by atoms with Gasteiger partial charge in [-0.05, 0) is 43.5 Å². The molecule has 5 heteroatoms. The number of amides is 2. The van der Waals surface area contributed by atoms with Crippen molar-refractivity contribution in [2.75, 3.05) is 31.1 Å². The molecule has 2 N–H and O–H groups in total. The Balaban J connectivity index is 1.54. The lowest BCUT2D eigenvalue weighted by atomic mass is 10.1. The second kappa shape index (κ2) is 8.99. The van der Waals surface area contributed by atoms with Crippen LogP contribution in [0.15, 0.2) is 35.9 Å². The third kappa shape index (κ3) is 4.73. The van der Waals surface area contributed by atoms with Crippen molar-refractivity contribution in [2.45, 2.75) is 39.0 Å². The molecule has 5 nitrogen and oxygen atoms in total. The van der Waals surface area contributed by atoms with E-state index in [0.717, 1.165) is 31.6 Å². The second-order valence-electron chi connectivity index (χ2n) is 7.21. The number of nitrogens with one attached hydrogen (secondary N) is 2. The number of anilines is 1. The van der Waals surface area contributed by atoms with Gasteiger partial charge in [0, 0.05) is 31.7 Å². The Labute approximate surface area is 155 Å². The van der Waals surface area contributed by atoms with E-state index in [9.17, 15) is 9.59 Å². The van der Waals surface area contributed by atoms with Crippen LogP contribution in [-0.2, 0) is 16.0 Å². The summed E-state index contributed by atoms with van der Waals surface area (Å²) >= 11 is 0. The molecule has 2 amide bonds. The first-order chi connectivity index (χ1) is 12.7. The standard InChI is InChI=1S/C21H29N3O2/c1-2-3-4-16-5-7-19(8-6-16)24-15-18(13-20(24)25)21(26)23-14-17-9-11-22-12-10-17/h5-9,18,22H,2-4,10-15H2,1H3,(H,23,26). The second-order valence-corrected chi connectivity index (χ2v) is 7.21. The average molecular weight is 355 g/mol. The first kappa shape index (κ1) is 18.6. The van der Waals surface area contributed by atoms with Crippen LogP contribution >= 0.6 is 0 Å². The quantitative estimate of drug-likeness (QED) is 0.739. The van der Waals surface area contributed by atoms with Crippen molar-refractivity contribution in [3.05, 3.63) is 41.5 Å². The molecule has 2 aliphatic heterocycles. The Hall–Kier alpha value is -2.14. The van der Waals surface area contributed by atoms with Gasteiger partial charge in [0.05, 0.1) is 5.92 Å². The number of unbranched alkanes of at least 4 members (excludes halogenated alkanes) is 1. The zero-order valence-corrected chi connectivity index (χ0v) is 15.6. The number of aryl methyl sites for hydroxylation is 1. The van der Waals surface area contributed by atoms with Crippen molar-refractivity contribution in [1.82, 2.24) is 10.6 Å². The summed E-state index contributed by atoms with van der Waals surface area (Å²) in [6.07, 6.45) is 6.83. The zero-order valence-electron chi connectivity index (χ0n) is 15.6. The highest BCUT2D eigenvalue weighted by molar-refractivity contribution is 6.00. The lowest BCUT2D eigenvalue weighted by Gasteiger charge is -2.18. The summed E-state index contributed by atoms with van der Waals surface area (Å²) in [5.74, 6) is -0.239. The van der Waals surface area contributed by atoms with Crippen LogP contribution in [0.5, 0.6) is 0 Å². The van der Waals surface area contributed by atoms with Gasteiger partial charge in [-0.3, -0.25) is 9.59 Å². The maximum absolute atomic E-state index is 12.4. The van der Waals surface area contributed by atoms with Crippen molar-refractivity contribution in [1.29, 1.82) is 0 Å². The predicted molar refractivity (Wildman–Crippen MR) is 104 cm³/mol. The van der Waals surface area contributed by atoms with Crippen LogP contribution in [0.4, 0.5) is 5.69 Å². The summed E-state index contributed by atoms with van der Waals surface area (Å²) in [4.78, 5) is 26.6. The Morgan fingerprint density at radius 2 is 2.12 bits per heavy atom. The summed E-state index contributed by atoms with van der Waals surface area (Å²) in [5.41, 5.74) is 3.46. The van der Waals surface area contributed by atoms with E-state index >= 15 is 0 Å². The van der Waals surface area contributed by atoms with E-state index in [1.54, 1.807) is 4.90 Å². The molecule has 140 valence electrons. The predicted octanol–water partition coefficient (Wildman–Crippen LogP) is 2.42. The van der Waals surface area contributed by atoms with Gasteiger partial charge in [0.15, 0.2) is 0 Å². The van der Waals surface area contributed by atoms with Crippen LogP contribution in [0.25, 0.3) is 0 Å². The maximum Gasteiger partial charge on any atom is 0.227 e. The number of hydrogen-bond acceptors (Lipinski definition) is 3. The first-order valence-electron chi connectivity index (χ1n) is 9.73. The summed E-state index contributed by atoms with van der Waals surface area (Å²) in [7, 11) is 0. The van der Waals surface area contributed by atoms with Crippen molar-refractivity contribution < 1.29 is 9.59 Å². The minimum atomic E-state index is -0.260. The molecule has 1 aromatic rings. The van der Waals surface area contributed by atoms with Crippen LogP contribution in [0.3, 0.4) is 0 Å². The lowest BCUT2D eigenvalue weighted by molar-refractivity contribution is -0.126. The smallest absolute Gasteiger partial charge is 0.227 e. The highest BCUT2D eigenvalue weighted by Gasteiger charge is 2.35. The van der Waals surface area contributed by atoms with Crippen LogP contribution in [0.2, 0.25) is 0 Å². The molecule has 1 atom stereocenters. The summed E-state index contributed by atoms with van der Waals surface area (Å²) in [6.45, 7) is 5.09. The highest BCUT2D eigenvalue weighted by Crippen LogP contribution is 2.26. The van der Waals surface area contributed by atoms with Gasteiger partial charge < -0.3 is 15.5 Å². The molecule has 0 bridgehead atoms. The SMILES string of the molecule is CCCCc1ccc(N2CC(C(=O)NCC3=CCNCC3)CC2=O)cc1. The molecular formula is C21H29N3O2. The van der Waals surface area contributed by atoms with Gasteiger partial charge in [0.1, 0.15) is 0 Å². The van der Waals surface area contributed by atoms with Crippen LogP contribution in [0, 0.1) is 5.92 Å². The first-order valence-corrected chi connectivity index (χ1v) is 9.73. The highest BCUT2D eigenvalue weighted by atomic mass is 16.2. The molecule has 26 heavy (non-hydrogen) atoms. The number of rotatable bonds is 7. The molecule has 0 aliphatic carbocycles. The molecule has 2 aliphatic rings. The zero-order chi connectivity index (χ0) is 18.4. The Kier molecular flexibility index (Phi) is 6.45. The van der Waals surface area contributed by atoms with Gasteiger partial charge in [-0.25, -0.2) is 0 Å². The molecule has 0 spiro atoms. The summed E-state index contributed by atoms with van der Waals surface area (Å²) in [5, 5.41) is 6.27. The summed E-state index contributed by atoms with van der Waals surface area (Å²) in [6, 6.07) is 8.19. The number of nitrogens with zero attached hydrogens (tertiary/aromatic N) is 1. The molecular weight excluding hydrogens is 326 g/mol. The molecule has 0 radical (unpaired) electrons. The normalized spacial score (nSPS) is 20.2. The van der Waals surface area contributed by atoms with Crippen molar-refractivity contribution in [2.24, 2.45) is 5.92 Å². The number of benzene rings is 1. The third-order valence-corrected chi connectivity index (χ3v) is 5.21. The molecule has 3 rings (SSSR count). The van der Waals surface area contributed by atoms with E-state index in [0.29, 0.717) is 19.5 Å². The van der Waals surface area contributed by atoms with E-state index < -0.39 is 0 Å². The van der Waals surface area contributed by atoms with Crippen molar-refractivity contribution in [3.63, 3.8) is 0 Å². The molecule has 2 heterocycles. The molecule has 1 aromatic carbocycles. The van der Waals surface area contributed by atoms with E-state index in [1.807, 2.05) is 12.1 Å². The lowest BCUT2D eigenvalue weighted by Crippen LogP contribution is -2.35. The number of hydrogen-bond donors (Lipinski definition) is 2. The minimum absolute atomic E-state index is 0.0140. The Morgan fingerprint density at radius 3 is 2.81 bits per heavy atom. The molecule has 0 aromatic heterocycles. The van der Waals surface area contributed by atoms with Gasteiger partial charge in [0.25, 0.3) is 0 Å². The summed E-state index contributed by atoms with van der Waals surface area (Å²) < 4.78 is 0.